The van der Waals surface area contributed by atoms with Gasteiger partial charge in [-0.25, -0.2) is 9.18 Å². The summed E-state index contributed by atoms with van der Waals surface area (Å²) in [6.45, 7) is 3.45. The lowest BCUT2D eigenvalue weighted by Crippen LogP contribution is -2.34. The molecule has 1 atom stereocenters. The van der Waals surface area contributed by atoms with Crippen molar-refractivity contribution < 1.29 is 23.6 Å². The van der Waals surface area contributed by atoms with Gasteiger partial charge >= 0.3 is 5.97 Å². The van der Waals surface area contributed by atoms with Crippen LogP contribution in [0.5, 0.6) is 5.75 Å². The molecule has 1 fully saturated rings. The van der Waals surface area contributed by atoms with Gasteiger partial charge < -0.3 is 14.4 Å². The highest BCUT2D eigenvalue weighted by Gasteiger charge is 2.25. The maximum atomic E-state index is 13.7. The molecule has 0 radical (unpaired) electrons. The standard InChI is InChI=1S/C21H23FN2O5/c1-14-4-3-9-23(12-14)18-7-6-16(11-19(18)24(26)27)21(25)29-13-15-5-8-20(28-2)17(22)10-15/h5-8,10-11,14H,3-4,9,12-13H2,1-2H3/t14-/m1/s1. The first-order valence-corrected chi connectivity index (χ1v) is 9.42. The van der Waals surface area contributed by atoms with Crippen molar-refractivity contribution in [3.63, 3.8) is 0 Å². The topological polar surface area (TPSA) is 81.9 Å². The number of esters is 1. The first-order valence-electron chi connectivity index (χ1n) is 9.42. The highest BCUT2D eigenvalue weighted by atomic mass is 19.1. The summed E-state index contributed by atoms with van der Waals surface area (Å²) in [6, 6.07) is 8.61. The second-order valence-corrected chi connectivity index (χ2v) is 7.20. The monoisotopic (exact) mass is 402 g/mol. The largest absolute Gasteiger partial charge is 0.494 e. The second-order valence-electron chi connectivity index (χ2n) is 7.20. The minimum atomic E-state index is -0.706. The lowest BCUT2D eigenvalue weighted by atomic mass is 9.99. The number of carbonyl (C=O) groups excluding carboxylic acids is 1. The molecule has 0 spiro atoms. The number of halogens is 1. The van der Waals surface area contributed by atoms with Gasteiger partial charge in [-0.15, -0.1) is 0 Å². The number of methoxy groups -OCH3 is 1. The Bertz CT molecular complexity index is 918. The fourth-order valence-corrected chi connectivity index (χ4v) is 3.50. The van der Waals surface area contributed by atoms with Crippen LogP contribution in [0.3, 0.4) is 0 Å². The fraction of sp³-hybridized carbons (Fsp3) is 0.381. The maximum absolute atomic E-state index is 13.7. The van der Waals surface area contributed by atoms with Gasteiger partial charge in [0.1, 0.15) is 12.3 Å². The molecular weight excluding hydrogens is 379 g/mol. The van der Waals surface area contributed by atoms with E-state index < -0.39 is 16.7 Å². The molecule has 0 aliphatic carbocycles. The smallest absolute Gasteiger partial charge is 0.338 e. The van der Waals surface area contributed by atoms with E-state index in [4.69, 9.17) is 9.47 Å². The van der Waals surface area contributed by atoms with Crippen LogP contribution in [-0.4, -0.2) is 31.1 Å². The molecular formula is C21H23FN2O5. The molecule has 2 aromatic rings. The Morgan fingerprint density at radius 1 is 1.31 bits per heavy atom. The summed E-state index contributed by atoms with van der Waals surface area (Å²) in [7, 11) is 1.36. The van der Waals surface area contributed by atoms with E-state index in [1.54, 1.807) is 12.1 Å². The van der Waals surface area contributed by atoms with Crippen LogP contribution >= 0.6 is 0 Å². The highest BCUT2D eigenvalue weighted by Crippen LogP contribution is 2.32. The predicted molar refractivity (Wildman–Crippen MR) is 106 cm³/mol. The number of nitrogens with zero attached hydrogens (tertiary/aromatic N) is 2. The third kappa shape index (κ3) is 4.82. The van der Waals surface area contributed by atoms with Crippen molar-refractivity contribution in [1.82, 2.24) is 0 Å². The maximum Gasteiger partial charge on any atom is 0.338 e. The minimum absolute atomic E-state index is 0.0829. The summed E-state index contributed by atoms with van der Waals surface area (Å²) in [5, 5.41) is 11.6. The van der Waals surface area contributed by atoms with Gasteiger partial charge in [0.05, 0.1) is 17.6 Å². The molecule has 8 heteroatoms. The number of benzene rings is 2. The van der Waals surface area contributed by atoms with E-state index in [1.807, 2.05) is 4.90 Å². The number of nitro groups is 1. The molecule has 7 nitrogen and oxygen atoms in total. The normalized spacial score (nSPS) is 16.4. The van der Waals surface area contributed by atoms with Crippen molar-refractivity contribution in [1.29, 1.82) is 0 Å². The van der Waals surface area contributed by atoms with Gasteiger partial charge in [-0.05, 0) is 48.6 Å². The van der Waals surface area contributed by atoms with Gasteiger partial charge in [-0.3, -0.25) is 10.1 Å². The summed E-state index contributed by atoms with van der Waals surface area (Å²) in [5.74, 6) is -0.712. The Kier molecular flexibility index (Phi) is 6.31. The molecule has 0 N–H and O–H groups in total. The van der Waals surface area contributed by atoms with Crippen LogP contribution in [0.25, 0.3) is 0 Å². The quantitative estimate of drug-likeness (QED) is 0.406. The molecule has 29 heavy (non-hydrogen) atoms. The van der Waals surface area contributed by atoms with Crippen molar-refractivity contribution in [2.45, 2.75) is 26.4 Å². The number of hydrogen-bond donors (Lipinski definition) is 0. The lowest BCUT2D eigenvalue weighted by molar-refractivity contribution is -0.384. The number of ether oxygens (including phenoxy) is 2. The minimum Gasteiger partial charge on any atom is -0.494 e. The lowest BCUT2D eigenvalue weighted by Gasteiger charge is -2.32. The molecule has 2 aromatic carbocycles. The third-order valence-electron chi connectivity index (χ3n) is 4.99. The van der Waals surface area contributed by atoms with Crippen LogP contribution in [-0.2, 0) is 11.3 Å². The average Bonchev–Trinajstić information content (AvgIpc) is 2.71. The molecule has 154 valence electrons. The number of piperidine rings is 1. The molecule has 0 bridgehead atoms. The van der Waals surface area contributed by atoms with E-state index in [2.05, 4.69) is 6.92 Å². The molecule has 0 unspecified atom stereocenters. The van der Waals surface area contributed by atoms with Crippen LogP contribution in [0.2, 0.25) is 0 Å². The molecule has 3 rings (SSSR count). The Morgan fingerprint density at radius 3 is 2.76 bits per heavy atom. The van der Waals surface area contributed by atoms with Gasteiger partial charge in [-0.1, -0.05) is 13.0 Å². The van der Waals surface area contributed by atoms with E-state index in [-0.39, 0.29) is 23.6 Å². The number of rotatable bonds is 6. The van der Waals surface area contributed by atoms with Crippen LogP contribution in [0.4, 0.5) is 15.8 Å². The van der Waals surface area contributed by atoms with Crippen molar-refractivity contribution in [2.24, 2.45) is 5.92 Å². The summed E-state index contributed by atoms with van der Waals surface area (Å²) in [4.78, 5) is 25.4. The van der Waals surface area contributed by atoms with Crippen LogP contribution in [0.1, 0.15) is 35.7 Å². The van der Waals surface area contributed by atoms with E-state index in [9.17, 15) is 19.3 Å². The number of carbonyl (C=O) groups is 1. The fourth-order valence-electron chi connectivity index (χ4n) is 3.50. The van der Waals surface area contributed by atoms with Gasteiger partial charge in [0, 0.05) is 19.2 Å². The van der Waals surface area contributed by atoms with Gasteiger partial charge in [0.2, 0.25) is 0 Å². The third-order valence-corrected chi connectivity index (χ3v) is 4.99. The molecule has 1 aliphatic heterocycles. The molecule has 1 heterocycles. The second kappa shape index (κ2) is 8.89. The summed E-state index contributed by atoms with van der Waals surface area (Å²) >= 11 is 0. The zero-order valence-electron chi connectivity index (χ0n) is 16.4. The Labute approximate surface area is 168 Å². The first-order chi connectivity index (χ1) is 13.9. The summed E-state index contributed by atoms with van der Waals surface area (Å²) < 4.78 is 23.8. The van der Waals surface area contributed by atoms with Crippen molar-refractivity contribution in [2.75, 3.05) is 25.1 Å². The van der Waals surface area contributed by atoms with Crippen LogP contribution in [0.15, 0.2) is 36.4 Å². The van der Waals surface area contributed by atoms with Gasteiger partial charge in [-0.2, -0.15) is 0 Å². The van der Waals surface area contributed by atoms with Crippen LogP contribution in [0, 0.1) is 21.8 Å². The molecule has 0 saturated carbocycles. The number of anilines is 1. The molecule has 1 aliphatic rings. The Morgan fingerprint density at radius 2 is 2.10 bits per heavy atom. The molecule has 0 aromatic heterocycles. The molecule has 1 saturated heterocycles. The van der Waals surface area contributed by atoms with Crippen LogP contribution < -0.4 is 9.64 Å². The van der Waals surface area contributed by atoms with Crippen molar-refractivity contribution in [3.8, 4) is 5.75 Å². The van der Waals surface area contributed by atoms with E-state index in [0.717, 1.165) is 25.9 Å². The zero-order chi connectivity index (χ0) is 21.0. The first kappa shape index (κ1) is 20.6. The van der Waals surface area contributed by atoms with E-state index in [0.29, 0.717) is 17.2 Å². The SMILES string of the molecule is COc1ccc(COC(=O)c2ccc(N3CCC[C@@H](C)C3)c([N+](=O)[O-])c2)cc1F. The van der Waals surface area contributed by atoms with Gasteiger partial charge in [0.25, 0.3) is 5.69 Å². The zero-order valence-corrected chi connectivity index (χ0v) is 16.4. The van der Waals surface area contributed by atoms with Gasteiger partial charge in [0.15, 0.2) is 11.6 Å². The van der Waals surface area contributed by atoms with Crippen molar-refractivity contribution >= 4 is 17.3 Å². The predicted octanol–water partition coefficient (Wildman–Crippen LogP) is 4.34. The summed E-state index contributed by atoms with van der Waals surface area (Å²) in [5.41, 5.74) is 0.920. The number of nitro benzene ring substituents is 1. The van der Waals surface area contributed by atoms with Crippen molar-refractivity contribution in [3.05, 3.63) is 63.5 Å². The van der Waals surface area contributed by atoms with E-state index >= 15 is 0 Å². The highest BCUT2D eigenvalue weighted by molar-refractivity contribution is 5.91. The number of hydrogen-bond acceptors (Lipinski definition) is 6. The Hall–Kier alpha value is -3.16. The van der Waals surface area contributed by atoms with E-state index in [1.165, 1.54) is 31.4 Å². The average molecular weight is 402 g/mol. The Balaban J connectivity index is 1.74. The summed E-state index contributed by atoms with van der Waals surface area (Å²) in [6.07, 6.45) is 2.07. The molecule has 0 amide bonds.